The molecule has 1 saturated heterocycles. The number of para-hydroxylation sites is 1. The lowest BCUT2D eigenvalue weighted by Crippen LogP contribution is -2.48. The summed E-state index contributed by atoms with van der Waals surface area (Å²) in [7, 11) is 3.07. The molecule has 1 aliphatic heterocycles. The van der Waals surface area contributed by atoms with E-state index in [1.54, 1.807) is 43.5 Å². The number of ether oxygens (including phenoxy) is 3. The van der Waals surface area contributed by atoms with Crippen molar-refractivity contribution in [2.75, 3.05) is 32.3 Å². The number of carbonyl (C=O) groups excluding carboxylic acids is 3. The zero-order valence-electron chi connectivity index (χ0n) is 20.6. The first kappa shape index (κ1) is 25.7. The molecule has 1 unspecified atom stereocenters. The number of carbonyl (C=O) groups is 3. The molecule has 9 heteroatoms. The molecule has 1 atom stereocenters. The SMILES string of the molecule is COc1ccc(CCN(C(=O)COc2ccccc2)C2CC(=O)N(c3ccc(F)cc3)C2=O)cc1OC. The van der Waals surface area contributed by atoms with E-state index < -0.39 is 29.6 Å². The van der Waals surface area contributed by atoms with Gasteiger partial charge in [0.25, 0.3) is 11.8 Å². The molecule has 0 spiro atoms. The first-order valence-corrected chi connectivity index (χ1v) is 11.7. The molecular formula is C28H27FN2O6. The van der Waals surface area contributed by atoms with Crippen LogP contribution < -0.4 is 19.1 Å². The highest BCUT2D eigenvalue weighted by atomic mass is 19.1. The van der Waals surface area contributed by atoms with E-state index in [9.17, 15) is 18.8 Å². The van der Waals surface area contributed by atoms with Gasteiger partial charge in [0, 0.05) is 6.54 Å². The highest BCUT2D eigenvalue weighted by molar-refractivity contribution is 6.23. The van der Waals surface area contributed by atoms with Gasteiger partial charge in [0.2, 0.25) is 5.91 Å². The molecule has 3 aromatic carbocycles. The van der Waals surface area contributed by atoms with Gasteiger partial charge < -0.3 is 19.1 Å². The number of hydrogen-bond donors (Lipinski definition) is 0. The van der Waals surface area contributed by atoms with Crippen LogP contribution in [0.3, 0.4) is 0 Å². The van der Waals surface area contributed by atoms with Gasteiger partial charge in [-0.05, 0) is 60.5 Å². The predicted octanol–water partition coefficient (Wildman–Crippen LogP) is 3.63. The van der Waals surface area contributed by atoms with Crippen molar-refractivity contribution in [3.05, 3.63) is 84.2 Å². The zero-order valence-corrected chi connectivity index (χ0v) is 20.6. The van der Waals surface area contributed by atoms with Crippen LogP contribution in [0.4, 0.5) is 10.1 Å². The molecule has 1 fully saturated rings. The first-order chi connectivity index (χ1) is 17.9. The molecular weight excluding hydrogens is 479 g/mol. The van der Waals surface area contributed by atoms with Crippen LogP contribution >= 0.6 is 0 Å². The lowest BCUT2D eigenvalue weighted by molar-refractivity contribution is -0.140. The Hall–Kier alpha value is -4.40. The van der Waals surface area contributed by atoms with Crippen LogP contribution in [0.25, 0.3) is 0 Å². The highest BCUT2D eigenvalue weighted by Gasteiger charge is 2.44. The summed E-state index contributed by atoms with van der Waals surface area (Å²) >= 11 is 0. The number of hydrogen-bond acceptors (Lipinski definition) is 6. The van der Waals surface area contributed by atoms with E-state index >= 15 is 0 Å². The molecule has 0 aromatic heterocycles. The molecule has 3 amide bonds. The van der Waals surface area contributed by atoms with Crippen molar-refractivity contribution in [2.45, 2.75) is 18.9 Å². The Balaban J connectivity index is 1.55. The number of halogens is 1. The number of amides is 3. The van der Waals surface area contributed by atoms with Gasteiger partial charge in [0.15, 0.2) is 18.1 Å². The summed E-state index contributed by atoms with van der Waals surface area (Å²) in [5, 5.41) is 0. The third-order valence-electron chi connectivity index (χ3n) is 6.10. The number of methoxy groups -OCH3 is 2. The fraction of sp³-hybridized carbons (Fsp3) is 0.250. The average molecular weight is 507 g/mol. The molecule has 192 valence electrons. The fourth-order valence-electron chi connectivity index (χ4n) is 4.21. The van der Waals surface area contributed by atoms with Crippen molar-refractivity contribution >= 4 is 23.4 Å². The topological polar surface area (TPSA) is 85.4 Å². The minimum Gasteiger partial charge on any atom is -0.493 e. The van der Waals surface area contributed by atoms with Crippen LogP contribution in [0, 0.1) is 5.82 Å². The lowest BCUT2D eigenvalue weighted by Gasteiger charge is -2.28. The van der Waals surface area contributed by atoms with Gasteiger partial charge in [-0.25, -0.2) is 9.29 Å². The number of rotatable bonds is 10. The maximum absolute atomic E-state index is 13.4. The number of anilines is 1. The van der Waals surface area contributed by atoms with Gasteiger partial charge in [-0.15, -0.1) is 0 Å². The standard InChI is InChI=1S/C28H27FN2O6/c1-35-24-13-8-19(16-25(24)36-2)14-15-30(27(33)18-37-22-6-4-3-5-7-22)23-17-26(32)31(28(23)34)21-11-9-20(29)10-12-21/h3-13,16,23H,14-15,17-18H2,1-2H3. The van der Waals surface area contributed by atoms with Crippen molar-refractivity contribution in [3.63, 3.8) is 0 Å². The second-order valence-electron chi connectivity index (χ2n) is 8.39. The average Bonchev–Trinajstić information content (AvgIpc) is 3.21. The van der Waals surface area contributed by atoms with Gasteiger partial charge in [0.05, 0.1) is 26.3 Å². The second-order valence-corrected chi connectivity index (χ2v) is 8.39. The predicted molar refractivity (Wildman–Crippen MR) is 134 cm³/mol. The van der Waals surface area contributed by atoms with Gasteiger partial charge in [-0.1, -0.05) is 24.3 Å². The van der Waals surface area contributed by atoms with Crippen molar-refractivity contribution in [1.82, 2.24) is 4.90 Å². The second kappa shape index (κ2) is 11.6. The van der Waals surface area contributed by atoms with E-state index in [2.05, 4.69) is 0 Å². The minimum atomic E-state index is -1.01. The third kappa shape index (κ3) is 5.88. The molecule has 0 aliphatic carbocycles. The number of benzene rings is 3. The molecule has 0 bridgehead atoms. The fourth-order valence-corrected chi connectivity index (χ4v) is 4.21. The van der Waals surface area contributed by atoms with Crippen LogP contribution in [-0.4, -0.2) is 56.0 Å². The number of nitrogens with zero attached hydrogens (tertiary/aromatic N) is 2. The van der Waals surface area contributed by atoms with Crippen molar-refractivity contribution < 1.29 is 33.0 Å². The Bertz CT molecular complexity index is 1270. The maximum atomic E-state index is 13.4. The molecule has 0 saturated carbocycles. The molecule has 1 aliphatic rings. The van der Waals surface area contributed by atoms with Crippen molar-refractivity contribution in [3.8, 4) is 17.2 Å². The molecule has 3 aromatic rings. The first-order valence-electron chi connectivity index (χ1n) is 11.7. The van der Waals surface area contributed by atoms with Crippen molar-refractivity contribution in [1.29, 1.82) is 0 Å². The van der Waals surface area contributed by atoms with Crippen LogP contribution in [0.5, 0.6) is 17.2 Å². The zero-order chi connectivity index (χ0) is 26.4. The molecule has 8 nitrogen and oxygen atoms in total. The Morgan fingerprint density at radius 2 is 1.68 bits per heavy atom. The van der Waals surface area contributed by atoms with Crippen LogP contribution in [0.15, 0.2) is 72.8 Å². The highest BCUT2D eigenvalue weighted by Crippen LogP contribution is 2.29. The van der Waals surface area contributed by atoms with Crippen LogP contribution in [-0.2, 0) is 20.8 Å². The molecule has 37 heavy (non-hydrogen) atoms. The Morgan fingerprint density at radius 1 is 0.973 bits per heavy atom. The third-order valence-corrected chi connectivity index (χ3v) is 6.10. The molecule has 0 N–H and O–H groups in total. The number of imide groups is 1. The van der Waals surface area contributed by atoms with Crippen LogP contribution in [0.1, 0.15) is 12.0 Å². The Morgan fingerprint density at radius 3 is 2.35 bits per heavy atom. The van der Waals surface area contributed by atoms with E-state index in [0.717, 1.165) is 10.5 Å². The van der Waals surface area contributed by atoms with Crippen molar-refractivity contribution in [2.24, 2.45) is 0 Å². The van der Waals surface area contributed by atoms with Gasteiger partial charge in [-0.2, -0.15) is 0 Å². The molecule has 4 rings (SSSR count). The largest absolute Gasteiger partial charge is 0.493 e. The van der Waals surface area contributed by atoms with Gasteiger partial charge >= 0.3 is 0 Å². The van der Waals surface area contributed by atoms with Crippen LogP contribution in [0.2, 0.25) is 0 Å². The van der Waals surface area contributed by atoms with E-state index in [0.29, 0.717) is 23.7 Å². The van der Waals surface area contributed by atoms with E-state index in [1.807, 2.05) is 12.1 Å². The Kier molecular flexibility index (Phi) is 8.02. The summed E-state index contributed by atoms with van der Waals surface area (Å²) in [4.78, 5) is 41.9. The van der Waals surface area contributed by atoms with E-state index in [-0.39, 0.29) is 25.3 Å². The van der Waals surface area contributed by atoms with E-state index in [1.165, 1.54) is 36.3 Å². The summed E-state index contributed by atoms with van der Waals surface area (Å²) in [6, 6.07) is 18.3. The smallest absolute Gasteiger partial charge is 0.261 e. The summed E-state index contributed by atoms with van der Waals surface area (Å²) in [6.45, 7) is -0.141. The maximum Gasteiger partial charge on any atom is 0.261 e. The minimum absolute atomic E-state index is 0.160. The van der Waals surface area contributed by atoms with E-state index in [4.69, 9.17) is 14.2 Å². The quantitative estimate of drug-likeness (QED) is 0.391. The summed E-state index contributed by atoms with van der Waals surface area (Å²) < 4.78 is 29.7. The molecule has 1 heterocycles. The van der Waals surface area contributed by atoms with Gasteiger partial charge in [0.1, 0.15) is 17.6 Å². The Labute approximate surface area is 214 Å². The monoisotopic (exact) mass is 506 g/mol. The summed E-state index contributed by atoms with van der Waals surface area (Å²) in [5.41, 5.74) is 1.11. The summed E-state index contributed by atoms with van der Waals surface area (Å²) in [5.74, 6) is -0.300. The molecule has 0 radical (unpaired) electrons. The van der Waals surface area contributed by atoms with Gasteiger partial charge in [-0.3, -0.25) is 14.4 Å². The summed E-state index contributed by atoms with van der Waals surface area (Å²) in [6.07, 6.45) is 0.213. The lowest BCUT2D eigenvalue weighted by atomic mass is 10.1. The normalized spacial score (nSPS) is 15.0.